The van der Waals surface area contributed by atoms with Gasteiger partial charge >= 0.3 is 0 Å². The van der Waals surface area contributed by atoms with Crippen molar-refractivity contribution in [2.24, 2.45) is 0 Å². The number of likely N-dealkylation sites (N-methyl/N-ethyl adjacent to an activating group) is 1. The fraction of sp³-hybridized carbons (Fsp3) is 0.200. The largest absolute Gasteiger partial charge is 0.481 e. The number of hydrogen-bond acceptors (Lipinski definition) is 5. The number of amides is 4. The van der Waals surface area contributed by atoms with Crippen molar-refractivity contribution in [3.63, 3.8) is 0 Å². The van der Waals surface area contributed by atoms with Crippen molar-refractivity contribution in [2.75, 3.05) is 29.2 Å². The van der Waals surface area contributed by atoms with E-state index in [9.17, 15) is 19.2 Å². The second-order valence-electron chi connectivity index (χ2n) is 6.74. The molecule has 3 N–H and O–H groups in total. The molecule has 29 heavy (non-hydrogen) atoms. The zero-order chi connectivity index (χ0) is 20.5. The Hall–Kier alpha value is -3.88. The van der Waals surface area contributed by atoms with Crippen LogP contribution in [0.3, 0.4) is 0 Å². The van der Waals surface area contributed by atoms with Crippen molar-refractivity contribution in [3.8, 4) is 5.75 Å². The fourth-order valence-electron chi connectivity index (χ4n) is 3.21. The van der Waals surface area contributed by atoms with E-state index >= 15 is 0 Å². The van der Waals surface area contributed by atoms with Crippen LogP contribution in [0.25, 0.3) is 0 Å². The second-order valence-corrected chi connectivity index (χ2v) is 6.74. The number of para-hydroxylation sites is 1. The van der Waals surface area contributed by atoms with Crippen LogP contribution in [0.1, 0.15) is 16.8 Å². The molecule has 0 spiro atoms. The summed E-state index contributed by atoms with van der Waals surface area (Å²) in [5.41, 5.74) is 1.81. The van der Waals surface area contributed by atoms with E-state index in [-0.39, 0.29) is 18.9 Å². The Morgan fingerprint density at radius 3 is 2.83 bits per heavy atom. The van der Waals surface area contributed by atoms with Crippen LogP contribution in [0.2, 0.25) is 0 Å². The van der Waals surface area contributed by atoms with E-state index in [1.807, 2.05) is 0 Å². The molecule has 9 nitrogen and oxygen atoms in total. The van der Waals surface area contributed by atoms with Crippen LogP contribution < -0.4 is 25.6 Å². The number of nitrogens with one attached hydrogen (secondary N) is 3. The minimum atomic E-state index is -1.01. The Bertz CT molecular complexity index is 1040. The summed E-state index contributed by atoms with van der Waals surface area (Å²) in [5.74, 6) is -1.03. The van der Waals surface area contributed by atoms with Crippen LogP contribution in [0, 0.1) is 0 Å². The van der Waals surface area contributed by atoms with Crippen molar-refractivity contribution >= 4 is 40.7 Å². The third-order valence-electron chi connectivity index (χ3n) is 4.77. The summed E-state index contributed by atoms with van der Waals surface area (Å²) >= 11 is 0. The standard InChI is InChI=1S/C20H18N4O5/c1-24-15-7-6-11(8-16(15)29-10-18(24)26)21-17(25)9-14-20(28)22-13-5-3-2-4-12(13)19(27)23-14/h2-8,14H,9-10H2,1H3,(H,21,25)(H,22,28)(H,23,27). The average molecular weight is 394 g/mol. The SMILES string of the molecule is CN1C(=O)COc2cc(NC(=O)CC3NC(=O)c4ccccc4NC3=O)ccc21. The zero-order valence-electron chi connectivity index (χ0n) is 15.5. The topological polar surface area (TPSA) is 117 Å². The van der Waals surface area contributed by atoms with Crippen LogP contribution >= 0.6 is 0 Å². The van der Waals surface area contributed by atoms with E-state index in [4.69, 9.17) is 4.74 Å². The van der Waals surface area contributed by atoms with Crippen LogP contribution in [0.5, 0.6) is 5.75 Å². The summed E-state index contributed by atoms with van der Waals surface area (Å²) in [5, 5.41) is 7.93. The molecule has 2 aromatic rings. The quantitative estimate of drug-likeness (QED) is 0.721. The molecule has 2 aromatic carbocycles. The van der Waals surface area contributed by atoms with E-state index in [2.05, 4.69) is 16.0 Å². The third kappa shape index (κ3) is 3.62. The van der Waals surface area contributed by atoms with Crippen molar-refractivity contribution in [1.29, 1.82) is 0 Å². The van der Waals surface area contributed by atoms with Gasteiger partial charge in [-0.2, -0.15) is 0 Å². The molecule has 0 saturated carbocycles. The molecule has 0 radical (unpaired) electrons. The Balaban J connectivity index is 1.44. The average Bonchev–Trinajstić information content (AvgIpc) is 2.81. The van der Waals surface area contributed by atoms with Gasteiger partial charge < -0.3 is 25.6 Å². The van der Waals surface area contributed by atoms with E-state index in [0.717, 1.165) is 0 Å². The maximum Gasteiger partial charge on any atom is 0.264 e. The van der Waals surface area contributed by atoms with Gasteiger partial charge in [0.25, 0.3) is 11.8 Å². The summed E-state index contributed by atoms with van der Waals surface area (Å²) in [6.45, 7) is -0.0737. The summed E-state index contributed by atoms with van der Waals surface area (Å²) in [7, 11) is 1.65. The molecule has 148 valence electrons. The first-order valence-corrected chi connectivity index (χ1v) is 8.96. The highest BCUT2D eigenvalue weighted by Gasteiger charge is 2.29. The number of benzene rings is 2. The minimum absolute atomic E-state index is 0.0737. The van der Waals surface area contributed by atoms with Crippen molar-refractivity contribution in [1.82, 2.24) is 5.32 Å². The predicted octanol–water partition coefficient (Wildman–Crippen LogP) is 1.12. The summed E-state index contributed by atoms with van der Waals surface area (Å²) < 4.78 is 5.40. The molecule has 9 heteroatoms. The lowest BCUT2D eigenvalue weighted by Crippen LogP contribution is -2.43. The number of carbonyl (C=O) groups is 4. The van der Waals surface area contributed by atoms with Gasteiger partial charge in [0, 0.05) is 18.8 Å². The fourth-order valence-corrected chi connectivity index (χ4v) is 3.21. The summed E-state index contributed by atoms with van der Waals surface area (Å²) in [4.78, 5) is 50.3. The normalized spacial score (nSPS) is 17.9. The van der Waals surface area contributed by atoms with E-state index in [0.29, 0.717) is 28.4 Å². The number of rotatable bonds is 3. The number of fused-ring (bicyclic) bond motifs is 2. The summed E-state index contributed by atoms with van der Waals surface area (Å²) in [6.07, 6.45) is -0.234. The van der Waals surface area contributed by atoms with Crippen molar-refractivity contribution in [3.05, 3.63) is 48.0 Å². The highest BCUT2D eigenvalue weighted by atomic mass is 16.5. The molecule has 2 aliphatic heterocycles. The van der Waals surface area contributed by atoms with E-state index in [1.165, 1.54) is 4.90 Å². The molecular formula is C20H18N4O5. The number of hydrogen-bond donors (Lipinski definition) is 3. The highest BCUT2D eigenvalue weighted by Crippen LogP contribution is 2.33. The molecule has 2 heterocycles. The molecular weight excluding hydrogens is 376 g/mol. The number of carbonyl (C=O) groups excluding carboxylic acids is 4. The molecule has 1 unspecified atom stereocenters. The molecule has 0 aromatic heterocycles. The molecule has 0 saturated heterocycles. The van der Waals surface area contributed by atoms with Crippen LogP contribution in [0.4, 0.5) is 17.1 Å². The Labute approximate surface area is 166 Å². The number of anilines is 3. The molecule has 0 aliphatic carbocycles. The van der Waals surface area contributed by atoms with Crippen LogP contribution in [0.15, 0.2) is 42.5 Å². The van der Waals surface area contributed by atoms with Gasteiger partial charge in [-0.05, 0) is 24.3 Å². The van der Waals surface area contributed by atoms with Crippen molar-refractivity contribution in [2.45, 2.75) is 12.5 Å². The first-order valence-electron chi connectivity index (χ1n) is 8.96. The van der Waals surface area contributed by atoms with Gasteiger partial charge in [0.15, 0.2) is 6.61 Å². The molecule has 4 amide bonds. The van der Waals surface area contributed by atoms with Gasteiger partial charge in [-0.25, -0.2) is 0 Å². The lowest BCUT2D eigenvalue weighted by atomic mass is 10.1. The van der Waals surface area contributed by atoms with Crippen molar-refractivity contribution < 1.29 is 23.9 Å². The van der Waals surface area contributed by atoms with Crippen LogP contribution in [-0.2, 0) is 14.4 Å². The predicted molar refractivity (Wildman–Crippen MR) is 105 cm³/mol. The second kappa shape index (κ2) is 7.27. The van der Waals surface area contributed by atoms with Gasteiger partial charge in [0.2, 0.25) is 11.8 Å². The molecule has 0 fully saturated rings. The lowest BCUT2D eigenvalue weighted by Gasteiger charge is -2.26. The lowest BCUT2D eigenvalue weighted by molar-refractivity contribution is -0.122. The molecule has 0 bridgehead atoms. The van der Waals surface area contributed by atoms with Gasteiger partial charge in [0.05, 0.1) is 23.4 Å². The minimum Gasteiger partial charge on any atom is -0.481 e. The first kappa shape index (κ1) is 18.5. The van der Waals surface area contributed by atoms with Gasteiger partial charge in [-0.1, -0.05) is 12.1 Å². The van der Waals surface area contributed by atoms with E-state index < -0.39 is 23.8 Å². The third-order valence-corrected chi connectivity index (χ3v) is 4.77. The van der Waals surface area contributed by atoms with Gasteiger partial charge in [-0.3, -0.25) is 19.2 Å². The number of ether oxygens (including phenoxy) is 1. The highest BCUT2D eigenvalue weighted by molar-refractivity contribution is 6.11. The van der Waals surface area contributed by atoms with Gasteiger partial charge in [-0.15, -0.1) is 0 Å². The monoisotopic (exact) mass is 394 g/mol. The molecule has 2 aliphatic rings. The smallest absolute Gasteiger partial charge is 0.264 e. The zero-order valence-corrected chi connectivity index (χ0v) is 15.5. The Morgan fingerprint density at radius 1 is 1.21 bits per heavy atom. The van der Waals surface area contributed by atoms with Crippen LogP contribution in [-0.4, -0.2) is 43.3 Å². The molecule has 1 atom stereocenters. The maximum atomic E-state index is 12.5. The Kier molecular flexibility index (Phi) is 4.63. The Morgan fingerprint density at radius 2 is 2.00 bits per heavy atom. The molecule has 4 rings (SSSR count). The number of nitrogens with zero attached hydrogens (tertiary/aromatic N) is 1. The maximum absolute atomic E-state index is 12.5. The van der Waals surface area contributed by atoms with E-state index in [1.54, 1.807) is 49.5 Å². The first-order chi connectivity index (χ1) is 13.9. The summed E-state index contributed by atoms with van der Waals surface area (Å²) in [6, 6.07) is 10.5. The van der Waals surface area contributed by atoms with Gasteiger partial charge in [0.1, 0.15) is 11.8 Å².